The first kappa shape index (κ1) is 15.9. The van der Waals surface area contributed by atoms with E-state index in [0.717, 1.165) is 48.6 Å². The van der Waals surface area contributed by atoms with Crippen molar-refractivity contribution in [3.05, 3.63) is 22.8 Å². The third-order valence-corrected chi connectivity index (χ3v) is 4.08. The van der Waals surface area contributed by atoms with Crippen LogP contribution < -0.4 is 0 Å². The van der Waals surface area contributed by atoms with Crippen LogP contribution in [-0.4, -0.2) is 33.8 Å². The molecule has 0 aromatic carbocycles. The minimum atomic E-state index is -0.784. The van der Waals surface area contributed by atoms with Crippen LogP contribution in [0.2, 0.25) is 0 Å². The number of nitrogens with zero attached hydrogens (tertiary/aromatic N) is 2. The largest absolute Gasteiger partial charge is 0.481 e. The number of carbonyl (C=O) groups is 1. The average molecular weight is 292 g/mol. The summed E-state index contributed by atoms with van der Waals surface area (Å²) < 4.78 is 5.73. The lowest BCUT2D eigenvalue weighted by atomic mass is 9.98. The highest BCUT2D eigenvalue weighted by Crippen LogP contribution is 2.19. The molecule has 1 aromatic heterocycles. The Balaban J connectivity index is 2.10. The van der Waals surface area contributed by atoms with Gasteiger partial charge in [0.1, 0.15) is 5.82 Å². The van der Waals surface area contributed by atoms with Crippen LogP contribution in [0.25, 0.3) is 0 Å². The Hall–Kier alpha value is -1.49. The molecular weight excluding hydrogens is 268 g/mol. The molecule has 116 valence electrons. The second-order valence-electron chi connectivity index (χ2n) is 5.93. The van der Waals surface area contributed by atoms with E-state index < -0.39 is 11.9 Å². The van der Waals surface area contributed by atoms with Crippen molar-refractivity contribution in [3.63, 3.8) is 0 Å². The number of aliphatic carboxylic acids is 1. The quantitative estimate of drug-likeness (QED) is 0.902. The lowest BCUT2D eigenvalue weighted by Crippen LogP contribution is -2.23. The van der Waals surface area contributed by atoms with Gasteiger partial charge >= 0.3 is 5.97 Å². The van der Waals surface area contributed by atoms with Gasteiger partial charge in [0.15, 0.2) is 0 Å². The van der Waals surface area contributed by atoms with Crippen molar-refractivity contribution >= 4 is 5.97 Å². The number of ether oxygens (including phenoxy) is 1. The van der Waals surface area contributed by atoms with Crippen molar-refractivity contribution in [1.29, 1.82) is 0 Å². The Bertz CT molecular complexity index is 487. The Labute approximate surface area is 125 Å². The lowest BCUT2D eigenvalue weighted by Gasteiger charge is -2.22. The van der Waals surface area contributed by atoms with E-state index in [1.165, 1.54) is 6.42 Å². The molecule has 1 aliphatic heterocycles. The maximum atomic E-state index is 11.0. The van der Waals surface area contributed by atoms with Gasteiger partial charge in [-0.25, -0.2) is 9.97 Å². The summed E-state index contributed by atoms with van der Waals surface area (Å²) in [5.74, 6) is -0.393. The summed E-state index contributed by atoms with van der Waals surface area (Å²) >= 11 is 0. The highest BCUT2D eigenvalue weighted by Gasteiger charge is 2.19. The topological polar surface area (TPSA) is 72.3 Å². The molecule has 0 bridgehead atoms. The minimum Gasteiger partial charge on any atom is -0.481 e. The van der Waals surface area contributed by atoms with Crippen molar-refractivity contribution in [2.75, 3.05) is 6.61 Å². The number of aryl methyl sites for hydroxylation is 2. The summed E-state index contributed by atoms with van der Waals surface area (Å²) in [6.07, 6.45) is 4.86. The van der Waals surface area contributed by atoms with Gasteiger partial charge in [0.25, 0.3) is 0 Å². The van der Waals surface area contributed by atoms with Crippen LogP contribution in [0.5, 0.6) is 0 Å². The van der Waals surface area contributed by atoms with Gasteiger partial charge in [0.2, 0.25) is 0 Å². The van der Waals surface area contributed by atoms with Crippen LogP contribution in [-0.2, 0) is 22.4 Å². The van der Waals surface area contributed by atoms with E-state index in [1.54, 1.807) is 6.92 Å². The van der Waals surface area contributed by atoms with Gasteiger partial charge in [-0.05, 0) is 45.1 Å². The van der Waals surface area contributed by atoms with Crippen LogP contribution >= 0.6 is 0 Å². The van der Waals surface area contributed by atoms with Crippen molar-refractivity contribution < 1.29 is 14.6 Å². The van der Waals surface area contributed by atoms with Gasteiger partial charge in [0, 0.05) is 24.4 Å². The van der Waals surface area contributed by atoms with Crippen LogP contribution in [0.1, 0.15) is 49.0 Å². The fraction of sp³-hybridized carbons (Fsp3) is 0.688. The number of carboxylic acids is 1. The number of rotatable bonds is 5. The first-order chi connectivity index (χ1) is 9.97. The fourth-order valence-electron chi connectivity index (χ4n) is 2.76. The molecule has 0 radical (unpaired) electrons. The number of hydrogen-bond acceptors (Lipinski definition) is 4. The number of aromatic nitrogens is 2. The number of hydrogen-bond donors (Lipinski definition) is 1. The van der Waals surface area contributed by atoms with Gasteiger partial charge in [-0.1, -0.05) is 6.92 Å². The highest BCUT2D eigenvalue weighted by atomic mass is 16.5. The molecule has 2 unspecified atom stereocenters. The fourth-order valence-corrected chi connectivity index (χ4v) is 2.76. The highest BCUT2D eigenvalue weighted by molar-refractivity contribution is 5.70. The third kappa shape index (κ3) is 4.24. The molecule has 1 aromatic rings. The summed E-state index contributed by atoms with van der Waals surface area (Å²) in [4.78, 5) is 20.1. The third-order valence-electron chi connectivity index (χ3n) is 4.08. The molecule has 2 heterocycles. The van der Waals surface area contributed by atoms with E-state index in [2.05, 4.69) is 9.97 Å². The number of carboxylic acid groups (broad SMARTS) is 1. The van der Waals surface area contributed by atoms with E-state index in [1.807, 2.05) is 13.8 Å². The zero-order chi connectivity index (χ0) is 15.4. The molecule has 1 fully saturated rings. The molecule has 5 nitrogen and oxygen atoms in total. The van der Waals surface area contributed by atoms with Gasteiger partial charge in [-0.15, -0.1) is 0 Å². The Morgan fingerprint density at radius 2 is 2.00 bits per heavy atom. The first-order valence-corrected chi connectivity index (χ1v) is 7.64. The van der Waals surface area contributed by atoms with Crippen molar-refractivity contribution in [2.24, 2.45) is 5.92 Å². The molecule has 0 spiro atoms. The molecule has 2 atom stereocenters. The van der Waals surface area contributed by atoms with Crippen LogP contribution in [0.4, 0.5) is 0 Å². The monoisotopic (exact) mass is 292 g/mol. The van der Waals surface area contributed by atoms with E-state index >= 15 is 0 Å². The Kier molecular flexibility index (Phi) is 5.28. The van der Waals surface area contributed by atoms with Gasteiger partial charge in [0.05, 0.1) is 12.0 Å². The molecule has 2 rings (SSSR count). The van der Waals surface area contributed by atoms with E-state index in [-0.39, 0.29) is 6.10 Å². The molecule has 0 amide bonds. The standard InChI is InChI=1S/C16H24N2O3/c1-10(16(19)20)8-14-11(2)17-15(18-12(14)3)9-13-6-4-5-7-21-13/h10,13H,4-9H2,1-3H3,(H,19,20). The second-order valence-corrected chi connectivity index (χ2v) is 5.93. The summed E-state index contributed by atoms with van der Waals surface area (Å²) in [5.41, 5.74) is 2.74. The Morgan fingerprint density at radius 1 is 1.33 bits per heavy atom. The first-order valence-electron chi connectivity index (χ1n) is 7.64. The molecule has 1 N–H and O–H groups in total. The summed E-state index contributed by atoms with van der Waals surface area (Å²) in [7, 11) is 0. The maximum Gasteiger partial charge on any atom is 0.306 e. The minimum absolute atomic E-state index is 0.223. The Morgan fingerprint density at radius 3 is 2.52 bits per heavy atom. The normalized spacial score (nSPS) is 20.2. The lowest BCUT2D eigenvalue weighted by molar-refractivity contribution is -0.141. The van der Waals surface area contributed by atoms with Gasteiger partial charge < -0.3 is 9.84 Å². The molecule has 1 saturated heterocycles. The van der Waals surface area contributed by atoms with Crippen LogP contribution in [0.15, 0.2) is 0 Å². The zero-order valence-electron chi connectivity index (χ0n) is 13.1. The van der Waals surface area contributed by atoms with Gasteiger partial charge in [-0.2, -0.15) is 0 Å². The molecule has 0 aliphatic carbocycles. The van der Waals surface area contributed by atoms with Crippen molar-refractivity contribution in [2.45, 2.75) is 59.0 Å². The SMILES string of the molecule is Cc1nc(CC2CCCCO2)nc(C)c1CC(C)C(=O)O. The summed E-state index contributed by atoms with van der Waals surface area (Å²) in [6.45, 7) is 6.41. The van der Waals surface area contributed by atoms with Crippen LogP contribution in [0.3, 0.4) is 0 Å². The molecule has 0 saturated carbocycles. The molecular formula is C16H24N2O3. The smallest absolute Gasteiger partial charge is 0.306 e. The van der Waals surface area contributed by atoms with Gasteiger partial charge in [-0.3, -0.25) is 4.79 Å². The molecule has 5 heteroatoms. The van der Waals surface area contributed by atoms with E-state index in [9.17, 15) is 4.79 Å². The predicted molar refractivity (Wildman–Crippen MR) is 79.3 cm³/mol. The second kappa shape index (κ2) is 6.98. The summed E-state index contributed by atoms with van der Waals surface area (Å²) in [6, 6.07) is 0. The summed E-state index contributed by atoms with van der Waals surface area (Å²) in [5, 5.41) is 9.04. The average Bonchev–Trinajstić information content (AvgIpc) is 2.43. The van der Waals surface area contributed by atoms with Crippen molar-refractivity contribution in [3.8, 4) is 0 Å². The zero-order valence-corrected chi connectivity index (χ0v) is 13.1. The predicted octanol–water partition coefficient (Wildman–Crippen LogP) is 2.47. The van der Waals surface area contributed by atoms with Crippen LogP contribution in [0, 0.1) is 19.8 Å². The van der Waals surface area contributed by atoms with E-state index in [4.69, 9.17) is 9.84 Å². The van der Waals surface area contributed by atoms with E-state index in [0.29, 0.717) is 6.42 Å². The maximum absolute atomic E-state index is 11.0. The molecule has 21 heavy (non-hydrogen) atoms. The van der Waals surface area contributed by atoms with Crippen molar-refractivity contribution in [1.82, 2.24) is 9.97 Å². The molecule has 1 aliphatic rings.